The first-order chi connectivity index (χ1) is 17.0. The minimum absolute atomic E-state index is 0.0742. The Bertz CT molecular complexity index is 1270. The van der Waals surface area contributed by atoms with Crippen molar-refractivity contribution in [1.29, 1.82) is 0 Å². The quantitative estimate of drug-likeness (QED) is 0.522. The van der Waals surface area contributed by atoms with E-state index in [9.17, 15) is 9.59 Å². The lowest BCUT2D eigenvalue weighted by Gasteiger charge is -2.32. The topological polar surface area (TPSA) is 105 Å². The number of hydrogen-bond donors (Lipinski definition) is 2. The summed E-state index contributed by atoms with van der Waals surface area (Å²) in [5, 5.41) is 13.1. The molecule has 3 aromatic heterocycles. The number of fused-ring (bicyclic) bond motifs is 1. The van der Waals surface area contributed by atoms with Gasteiger partial charge in [-0.15, -0.1) is 11.3 Å². The number of hydrogen-bond acceptors (Lipinski definition) is 7. The van der Waals surface area contributed by atoms with Gasteiger partial charge in [0.05, 0.1) is 11.8 Å². The van der Waals surface area contributed by atoms with Crippen molar-refractivity contribution in [2.45, 2.75) is 64.5 Å². The highest BCUT2D eigenvalue weighted by Gasteiger charge is 2.34. The highest BCUT2D eigenvalue weighted by atomic mass is 32.1. The van der Waals surface area contributed by atoms with E-state index in [4.69, 9.17) is 9.97 Å². The minimum atomic E-state index is -0.0742. The van der Waals surface area contributed by atoms with E-state index in [-0.39, 0.29) is 23.8 Å². The molecule has 3 aliphatic rings. The Balaban J connectivity index is 1.26. The molecule has 0 spiro atoms. The maximum atomic E-state index is 13.7. The maximum Gasteiger partial charge on any atom is 0.272 e. The number of thiazole rings is 1. The lowest BCUT2D eigenvalue weighted by molar-refractivity contribution is -0.123. The second kappa shape index (κ2) is 8.89. The molecule has 6 rings (SSSR count). The number of rotatable bonds is 7. The Morgan fingerprint density at radius 2 is 1.89 bits per heavy atom. The number of nitrogens with one attached hydrogen (secondary N) is 2. The molecule has 1 aliphatic heterocycles. The summed E-state index contributed by atoms with van der Waals surface area (Å²) in [6.45, 7) is 5.33. The van der Waals surface area contributed by atoms with Crippen LogP contribution in [0.25, 0.3) is 16.2 Å². The normalized spacial score (nSPS) is 19.7. The van der Waals surface area contributed by atoms with Crippen LogP contribution in [0.4, 0.5) is 5.82 Å². The summed E-state index contributed by atoms with van der Waals surface area (Å²) in [6.07, 6.45) is 9.67. The third-order valence-corrected chi connectivity index (χ3v) is 8.38. The van der Waals surface area contributed by atoms with Gasteiger partial charge in [-0.2, -0.15) is 5.10 Å². The van der Waals surface area contributed by atoms with E-state index in [0.29, 0.717) is 36.6 Å². The number of aromatic nitrogens is 4. The molecule has 0 radical (unpaired) electrons. The second-order valence-electron chi connectivity index (χ2n) is 10.2. The average molecular weight is 494 g/mol. The zero-order valence-electron chi connectivity index (χ0n) is 20.2. The van der Waals surface area contributed by atoms with Crippen molar-refractivity contribution >= 4 is 33.8 Å². The molecular formula is C25H31N7O2S. The number of piperidine rings is 1. The predicted molar refractivity (Wildman–Crippen MR) is 134 cm³/mol. The molecule has 35 heavy (non-hydrogen) atoms. The molecule has 3 aromatic rings. The fourth-order valence-corrected chi connectivity index (χ4v) is 5.63. The van der Waals surface area contributed by atoms with E-state index in [2.05, 4.69) is 22.7 Å². The lowest BCUT2D eigenvalue weighted by atomic mass is 10.0. The Morgan fingerprint density at radius 3 is 2.60 bits per heavy atom. The van der Waals surface area contributed by atoms with Gasteiger partial charge in [0, 0.05) is 48.2 Å². The summed E-state index contributed by atoms with van der Waals surface area (Å²) in [7, 11) is 0. The van der Waals surface area contributed by atoms with Crippen molar-refractivity contribution in [1.82, 2.24) is 29.8 Å². The van der Waals surface area contributed by atoms with Gasteiger partial charge in [0.2, 0.25) is 5.91 Å². The van der Waals surface area contributed by atoms with Crippen LogP contribution in [-0.2, 0) is 4.79 Å². The van der Waals surface area contributed by atoms with Crippen molar-refractivity contribution < 1.29 is 9.59 Å². The van der Waals surface area contributed by atoms with Crippen LogP contribution in [-0.4, -0.2) is 61.5 Å². The summed E-state index contributed by atoms with van der Waals surface area (Å²) in [5.74, 6) is 2.20. The van der Waals surface area contributed by atoms with Crippen molar-refractivity contribution in [3.63, 3.8) is 0 Å². The first kappa shape index (κ1) is 22.5. The van der Waals surface area contributed by atoms with Crippen LogP contribution >= 0.6 is 11.3 Å². The molecule has 0 aromatic carbocycles. The highest BCUT2D eigenvalue weighted by molar-refractivity contribution is 7.16. The van der Waals surface area contributed by atoms with Crippen molar-refractivity contribution in [2.24, 2.45) is 11.8 Å². The van der Waals surface area contributed by atoms with Gasteiger partial charge in [-0.1, -0.05) is 0 Å². The van der Waals surface area contributed by atoms with Crippen molar-refractivity contribution in [2.75, 3.05) is 18.4 Å². The molecule has 1 saturated heterocycles. The fraction of sp³-hybridized carbons (Fsp3) is 0.560. The molecular weight excluding hydrogens is 462 g/mol. The van der Waals surface area contributed by atoms with E-state index in [0.717, 1.165) is 47.5 Å². The molecule has 2 saturated carbocycles. The summed E-state index contributed by atoms with van der Waals surface area (Å²) < 4.78 is 1.81. The smallest absolute Gasteiger partial charge is 0.272 e. The van der Waals surface area contributed by atoms with Crippen LogP contribution in [0.3, 0.4) is 0 Å². The second-order valence-corrected chi connectivity index (χ2v) is 11.1. The van der Waals surface area contributed by atoms with Crippen LogP contribution in [0.5, 0.6) is 0 Å². The van der Waals surface area contributed by atoms with Crippen LogP contribution in [0.2, 0.25) is 0 Å². The van der Waals surface area contributed by atoms with Crippen LogP contribution < -0.4 is 10.6 Å². The van der Waals surface area contributed by atoms with Gasteiger partial charge in [0.1, 0.15) is 16.3 Å². The van der Waals surface area contributed by atoms with E-state index in [1.54, 1.807) is 17.5 Å². The standard InChI is InChI=1S/C25H31N7O2S/c1-14-20(24(34)31-9-7-18(8-10-31)28-23(33)17-5-6-17)29-22(19-13-26-32-11-12-35-25(19)32)30-21(14)27-15(2)16-3-4-16/h11-13,15-18H,3-10H2,1-2H3,(H,28,33)(H,27,29,30)/t15-/m0/s1. The molecule has 9 nitrogen and oxygen atoms in total. The molecule has 2 aliphatic carbocycles. The van der Waals surface area contributed by atoms with E-state index in [1.165, 1.54) is 12.8 Å². The van der Waals surface area contributed by atoms with Gasteiger partial charge in [-0.3, -0.25) is 9.59 Å². The van der Waals surface area contributed by atoms with Gasteiger partial charge in [0.25, 0.3) is 5.91 Å². The largest absolute Gasteiger partial charge is 0.367 e. The third-order valence-electron chi connectivity index (χ3n) is 7.49. The molecule has 4 heterocycles. The third kappa shape index (κ3) is 4.51. The number of amides is 2. The van der Waals surface area contributed by atoms with Crippen LogP contribution in [0, 0.1) is 18.8 Å². The summed E-state index contributed by atoms with van der Waals surface area (Å²) in [4.78, 5) is 38.3. The summed E-state index contributed by atoms with van der Waals surface area (Å²) in [5.41, 5.74) is 2.06. The SMILES string of the molecule is Cc1c(N[C@@H](C)C2CC2)nc(-c2cnn3ccsc23)nc1C(=O)N1CCC(NC(=O)C2CC2)CC1. The van der Waals surface area contributed by atoms with E-state index < -0.39 is 0 Å². The van der Waals surface area contributed by atoms with Gasteiger partial charge >= 0.3 is 0 Å². The molecule has 10 heteroatoms. The first-order valence-corrected chi connectivity index (χ1v) is 13.5. The molecule has 0 unspecified atom stereocenters. The zero-order valence-corrected chi connectivity index (χ0v) is 21.0. The zero-order chi connectivity index (χ0) is 24.1. The number of likely N-dealkylation sites (tertiary alicyclic amines) is 1. The molecule has 3 fully saturated rings. The molecule has 1 atom stereocenters. The Kier molecular flexibility index (Phi) is 5.70. The fourth-order valence-electron chi connectivity index (χ4n) is 4.84. The van der Waals surface area contributed by atoms with Crippen molar-refractivity contribution in [3.05, 3.63) is 29.0 Å². The average Bonchev–Trinajstić information content (AvgIpc) is 3.78. The van der Waals surface area contributed by atoms with Gasteiger partial charge in [-0.05, 0) is 58.3 Å². The summed E-state index contributed by atoms with van der Waals surface area (Å²) in [6, 6.07) is 0.435. The Morgan fingerprint density at radius 1 is 1.11 bits per heavy atom. The molecule has 184 valence electrons. The lowest BCUT2D eigenvalue weighted by Crippen LogP contribution is -2.47. The highest BCUT2D eigenvalue weighted by Crippen LogP contribution is 2.35. The summed E-state index contributed by atoms with van der Waals surface area (Å²) >= 11 is 1.58. The molecule has 2 amide bonds. The van der Waals surface area contributed by atoms with Crippen LogP contribution in [0.1, 0.15) is 61.5 Å². The molecule has 0 bridgehead atoms. The van der Waals surface area contributed by atoms with Gasteiger partial charge in [-0.25, -0.2) is 14.5 Å². The van der Waals surface area contributed by atoms with Crippen molar-refractivity contribution in [3.8, 4) is 11.4 Å². The number of nitrogens with zero attached hydrogens (tertiary/aromatic N) is 5. The molecule has 2 N–H and O–H groups in total. The van der Waals surface area contributed by atoms with Gasteiger partial charge < -0.3 is 15.5 Å². The van der Waals surface area contributed by atoms with Gasteiger partial charge in [0.15, 0.2) is 5.82 Å². The van der Waals surface area contributed by atoms with E-state index in [1.807, 2.05) is 27.9 Å². The maximum absolute atomic E-state index is 13.7. The first-order valence-electron chi connectivity index (χ1n) is 12.6. The Hall–Kier alpha value is -3.01. The number of carbonyl (C=O) groups is 2. The predicted octanol–water partition coefficient (Wildman–Crippen LogP) is 3.50. The monoisotopic (exact) mass is 493 g/mol. The number of carbonyl (C=O) groups excluding carboxylic acids is 2. The Labute approximate surface area is 208 Å². The van der Waals surface area contributed by atoms with E-state index >= 15 is 0 Å². The number of anilines is 1. The minimum Gasteiger partial charge on any atom is -0.367 e. The van der Waals surface area contributed by atoms with Crippen LogP contribution in [0.15, 0.2) is 17.8 Å².